The molecular weight excluding hydrogens is 429 g/mol. The van der Waals surface area contributed by atoms with Crippen molar-refractivity contribution in [2.24, 2.45) is 0 Å². The molecule has 0 aromatic heterocycles. The molecule has 0 aliphatic carbocycles. The number of benzene rings is 3. The summed E-state index contributed by atoms with van der Waals surface area (Å²) in [6, 6.07) is 16.7. The van der Waals surface area contributed by atoms with Gasteiger partial charge in [-0.15, -0.1) is 0 Å². The summed E-state index contributed by atoms with van der Waals surface area (Å²) >= 11 is 0. The Kier molecular flexibility index (Phi) is 5.29. The number of halogens is 1. The molecule has 5 rings (SSSR count). The van der Waals surface area contributed by atoms with Crippen molar-refractivity contribution in [1.82, 2.24) is 0 Å². The first-order valence-corrected chi connectivity index (χ1v) is 12.1. The minimum Gasteiger partial charge on any atom is -0.454 e. The van der Waals surface area contributed by atoms with E-state index >= 15 is 0 Å². The maximum atomic E-state index is 14.2. The molecule has 7 heteroatoms. The lowest BCUT2D eigenvalue weighted by atomic mass is 9.94. The van der Waals surface area contributed by atoms with E-state index in [4.69, 9.17) is 9.47 Å². The Balaban J connectivity index is 1.49. The van der Waals surface area contributed by atoms with E-state index in [-0.39, 0.29) is 17.7 Å². The van der Waals surface area contributed by atoms with Gasteiger partial charge in [0.1, 0.15) is 5.82 Å². The van der Waals surface area contributed by atoms with E-state index in [1.165, 1.54) is 16.4 Å². The first kappa shape index (κ1) is 20.8. The van der Waals surface area contributed by atoms with Crippen LogP contribution in [0.25, 0.3) is 0 Å². The zero-order chi connectivity index (χ0) is 22.3. The molecule has 0 spiro atoms. The van der Waals surface area contributed by atoms with E-state index in [2.05, 4.69) is 0 Å². The highest BCUT2D eigenvalue weighted by Crippen LogP contribution is 2.38. The molecule has 0 radical (unpaired) electrons. The van der Waals surface area contributed by atoms with E-state index in [0.717, 1.165) is 22.4 Å². The Labute approximate surface area is 187 Å². The molecule has 2 aliphatic rings. The second kappa shape index (κ2) is 8.13. The fourth-order valence-electron chi connectivity index (χ4n) is 4.43. The van der Waals surface area contributed by atoms with E-state index in [1.807, 2.05) is 25.1 Å². The van der Waals surface area contributed by atoms with Crippen LogP contribution in [0.3, 0.4) is 0 Å². The largest absolute Gasteiger partial charge is 0.454 e. The van der Waals surface area contributed by atoms with Gasteiger partial charge in [0.15, 0.2) is 11.5 Å². The highest BCUT2D eigenvalue weighted by atomic mass is 32.2. The second-order valence-corrected chi connectivity index (χ2v) is 10.1. The summed E-state index contributed by atoms with van der Waals surface area (Å²) in [5, 5.41) is 0. The van der Waals surface area contributed by atoms with Crippen LogP contribution in [0.2, 0.25) is 0 Å². The van der Waals surface area contributed by atoms with Crippen molar-refractivity contribution in [2.75, 3.05) is 11.1 Å². The molecule has 32 heavy (non-hydrogen) atoms. The van der Waals surface area contributed by atoms with Crippen molar-refractivity contribution in [3.05, 3.63) is 83.2 Å². The Hall–Kier alpha value is -3.06. The van der Waals surface area contributed by atoms with Crippen molar-refractivity contribution < 1.29 is 22.3 Å². The van der Waals surface area contributed by atoms with Crippen LogP contribution < -0.4 is 13.8 Å². The quantitative estimate of drug-likeness (QED) is 0.545. The smallest absolute Gasteiger partial charge is 0.264 e. The first-order chi connectivity index (χ1) is 15.4. The maximum absolute atomic E-state index is 14.2. The molecule has 0 bridgehead atoms. The third kappa shape index (κ3) is 3.81. The van der Waals surface area contributed by atoms with Crippen LogP contribution in [0.15, 0.2) is 65.6 Å². The average Bonchev–Trinajstić information content (AvgIpc) is 3.25. The van der Waals surface area contributed by atoms with Crippen molar-refractivity contribution in [3.63, 3.8) is 0 Å². The molecule has 3 aromatic rings. The minimum absolute atomic E-state index is 0.215. The number of hydrogen-bond donors (Lipinski definition) is 0. The molecule has 0 amide bonds. The molecule has 0 N–H and O–H groups in total. The number of aryl methyl sites for hydroxylation is 3. The Morgan fingerprint density at radius 2 is 1.78 bits per heavy atom. The van der Waals surface area contributed by atoms with Gasteiger partial charge in [0.25, 0.3) is 10.0 Å². The lowest BCUT2D eigenvalue weighted by molar-refractivity contribution is 0.174. The average molecular weight is 454 g/mol. The molecule has 1 unspecified atom stereocenters. The van der Waals surface area contributed by atoms with Gasteiger partial charge in [-0.1, -0.05) is 29.8 Å². The fourth-order valence-corrected chi connectivity index (χ4v) is 6.17. The summed E-state index contributed by atoms with van der Waals surface area (Å²) in [6.07, 6.45) is 2.67. The summed E-state index contributed by atoms with van der Waals surface area (Å²) < 4.78 is 53.9. The molecule has 166 valence electrons. The number of ether oxygens (including phenoxy) is 2. The molecule has 0 saturated heterocycles. The van der Waals surface area contributed by atoms with Crippen molar-refractivity contribution >= 4 is 15.7 Å². The van der Waals surface area contributed by atoms with E-state index < -0.39 is 15.8 Å². The molecule has 3 aromatic carbocycles. The lowest BCUT2D eigenvalue weighted by Gasteiger charge is -2.38. The zero-order valence-corrected chi connectivity index (χ0v) is 18.6. The number of anilines is 1. The lowest BCUT2D eigenvalue weighted by Crippen LogP contribution is -2.44. The predicted molar refractivity (Wildman–Crippen MR) is 120 cm³/mol. The predicted octanol–water partition coefficient (Wildman–Crippen LogP) is 5.01. The summed E-state index contributed by atoms with van der Waals surface area (Å²) in [6.45, 7) is 2.13. The second-order valence-electron chi connectivity index (χ2n) is 8.31. The van der Waals surface area contributed by atoms with Gasteiger partial charge in [-0.2, -0.15) is 0 Å². The highest BCUT2D eigenvalue weighted by Gasteiger charge is 2.36. The van der Waals surface area contributed by atoms with Crippen LogP contribution in [0.4, 0.5) is 10.1 Å². The normalized spacial score (nSPS) is 17.3. The summed E-state index contributed by atoms with van der Waals surface area (Å²) in [7, 11) is -3.85. The van der Waals surface area contributed by atoms with Crippen molar-refractivity contribution in [1.29, 1.82) is 0 Å². The molecule has 1 atom stereocenters. The van der Waals surface area contributed by atoms with Crippen LogP contribution in [0.1, 0.15) is 29.5 Å². The van der Waals surface area contributed by atoms with E-state index in [1.54, 1.807) is 30.3 Å². The molecule has 2 aliphatic heterocycles. The van der Waals surface area contributed by atoms with E-state index in [9.17, 15) is 12.8 Å². The van der Waals surface area contributed by atoms with Gasteiger partial charge in [0.2, 0.25) is 6.79 Å². The van der Waals surface area contributed by atoms with Crippen molar-refractivity contribution in [3.8, 4) is 11.5 Å². The number of hydrogen-bond acceptors (Lipinski definition) is 4. The standard InChI is InChI=1S/C25H24FNO4S/c1-17-2-11-22(12-3-17)32(28,29)27-21(10-7-19-6-8-20(26)15-23(19)27)9-4-18-5-13-24-25(14-18)31-16-30-24/h2-3,5-6,8,11-15,21H,4,7,9-10,16H2,1H3. The topological polar surface area (TPSA) is 55.8 Å². The van der Waals surface area contributed by atoms with Crippen LogP contribution in [-0.2, 0) is 22.9 Å². The Morgan fingerprint density at radius 1 is 1.00 bits per heavy atom. The molecular formula is C25H24FNO4S. The molecule has 2 heterocycles. The van der Waals surface area contributed by atoms with E-state index in [0.29, 0.717) is 37.1 Å². The number of nitrogens with zero attached hydrogens (tertiary/aromatic N) is 1. The van der Waals surface area contributed by atoms with Gasteiger partial charge < -0.3 is 9.47 Å². The van der Waals surface area contributed by atoms with Gasteiger partial charge >= 0.3 is 0 Å². The SMILES string of the molecule is Cc1ccc(S(=O)(=O)N2c3cc(F)ccc3CCC2CCc2ccc3c(c2)OCO3)cc1. The fraction of sp³-hybridized carbons (Fsp3) is 0.280. The van der Waals surface area contributed by atoms with Crippen LogP contribution in [0.5, 0.6) is 11.5 Å². The summed E-state index contributed by atoms with van der Waals surface area (Å²) in [5.74, 6) is 0.992. The van der Waals surface area contributed by atoms with Gasteiger partial charge in [-0.05, 0) is 80.1 Å². The van der Waals surface area contributed by atoms with Gasteiger partial charge in [0, 0.05) is 6.04 Å². The molecule has 0 fully saturated rings. The van der Waals surface area contributed by atoms with Gasteiger partial charge in [-0.3, -0.25) is 4.31 Å². The first-order valence-electron chi connectivity index (χ1n) is 10.7. The Bertz CT molecular complexity index is 1260. The van der Waals surface area contributed by atoms with Crippen molar-refractivity contribution in [2.45, 2.75) is 43.5 Å². The zero-order valence-electron chi connectivity index (χ0n) is 17.8. The highest BCUT2D eigenvalue weighted by molar-refractivity contribution is 7.92. The third-order valence-electron chi connectivity index (χ3n) is 6.14. The number of fused-ring (bicyclic) bond motifs is 2. The monoisotopic (exact) mass is 453 g/mol. The number of rotatable bonds is 5. The van der Waals surface area contributed by atoms with Crippen LogP contribution >= 0.6 is 0 Å². The number of sulfonamides is 1. The molecule has 0 saturated carbocycles. The molecule has 5 nitrogen and oxygen atoms in total. The maximum Gasteiger partial charge on any atom is 0.264 e. The Morgan fingerprint density at radius 3 is 2.59 bits per heavy atom. The summed E-state index contributed by atoms with van der Waals surface area (Å²) in [4.78, 5) is 0.216. The minimum atomic E-state index is -3.85. The third-order valence-corrected chi connectivity index (χ3v) is 8.02. The summed E-state index contributed by atoms with van der Waals surface area (Å²) in [5.41, 5.74) is 3.31. The van der Waals surface area contributed by atoms with Crippen LogP contribution in [0, 0.1) is 12.7 Å². The van der Waals surface area contributed by atoms with Gasteiger partial charge in [-0.25, -0.2) is 12.8 Å². The van der Waals surface area contributed by atoms with Crippen LogP contribution in [-0.4, -0.2) is 21.3 Å². The van der Waals surface area contributed by atoms with Gasteiger partial charge in [0.05, 0.1) is 10.6 Å².